The van der Waals surface area contributed by atoms with Gasteiger partial charge in [-0.15, -0.1) is 0 Å². The van der Waals surface area contributed by atoms with Crippen LogP contribution in [0.4, 0.5) is 0 Å². The molecule has 0 aromatic rings. The molecular weight excluding hydrogens is 126 g/mol. The van der Waals surface area contributed by atoms with Crippen LogP contribution in [0.1, 0.15) is 13.8 Å². The standard InChI is InChI=1S/C2H5NO2.C2H4O2/c1-2-3(4)5;1-2(3)4/h2H2,1H3;1H3,(H,3,4). The van der Waals surface area contributed by atoms with Crippen molar-refractivity contribution in [1.29, 1.82) is 0 Å². The summed E-state index contributed by atoms with van der Waals surface area (Å²) in [4.78, 5) is 17.8. The van der Waals surface area contributed by atoms with E-state index >= 15 is 0 Å². The zero-order valence-electron chi connectivity index (χ0n) is 5.33. The monoisotopic (exact) mass is 135 g/mol. The van der Waals surface area contributed by atoms with Gasteiger partial charge in [-0.25, -0.2) is 0 Å². The van der Waals surface area contributed by atoms with Crippen LogP contribution in [0.3, 0.4) is 0 Å². The number of hydrogen-bond donors (Lipinski definition) is 1. The fourth-order valence-electron chi connectivity index (χ4n) is 0. The van der Waals surface area contributed by atoms with Gasteiger partial charge in [0.25, 0.3) is 5.97 Å². The number of rotatable bonds is 1. The fraction of sp³-hybridized carbons (Fsp3) is 0.750. The van der Waals surface area contributed by atoms with Gasteiger partial charge in [-0.05, 0) is 0 Å². The van der Waals surface area contributed by atoms with Crippen molar-refractivity contribution in [3.05, 3.63) is 10.1 Å². The van der Waals surface area contributed by atoms with Gasteiger partial charge >= 0.3 is 0 Å². The Morgan fingerprint density at radius 1 is 1.78 bits per heavy atom. The number of nitro groups is 1. The zero-order chi connectivity index (χ0) is 7.86. The van der Waals surface area contributed by atoms with Crippen LogP contribution < -0.4 is 0 Å². The third kappa shape index (κ3) is 215. The minimum atomic E-state index is -0.833. The molecule has 0 aliphatic carbocycles. The van der Waals surface area contributed by atoms with E-state index in [1.807, 2.05) is 0 Å². The van der Waals surface area contributed by atoms with Crippen molar-refractivity contribution in [1.82, 2.24) is 0 Å². The summed E-state index contributed by atoms with van der Waals surface area (Å²) >= 11 is 0. The van der Waals surface area contributed by atoms with E-state index in [1.54, 1.807) is 0 Å². The Kier molecular flexibility index (Phi) is 8.23. The van der Waals surface area contributed by atoms with E-state index in [1.165, 1.54) is 6.92 Å². The lowest BCUT2D eigenvalue weighted by Gasteiger charge is -1.73. The van der Waals surface area contributed by atoms with E-state index in [2.05, 4.69) is 0 Å². The molecule has 0 saturated heterocycles. The Bertz CT molecular complexity index is 96.7. The molecule has 0 radical (unpaired) electrons. The molecule has 0 saturated carbocycles. The Hall–Kier alpha value is -1.13. The highest BCUT2D eigenvalue weighted by Crippen LogP contribution is 1.57. The first-order chi connectivity index (χ1) is 4.00. The van der Waals surface area contributed by atoms with Gasteiger partial charge in [0.2, 0.25) is 6.54 Å². The van der Waals surface area contributed by atoms with Gasteiger partial charge in [-0.1, -0.05) is 0 Å². The van der Waals surface area contributed by atoms with Crippen molar-refractivity contribution < 1.29 is 14.8 Å². The van der Waals surface area contributed by atoms with Crippen LogP contribution in [-0.2, 0) is 4.79 Å². The summed E-state index contributed by atoms with van der Waals surface area (Å²) in [5, 5.41) is 16.6. The molecule has 0 atom stereocenters. The highest BCUT2D eigenvalue weighted by Gasteiger charge is 1.77. The molecule has 0 rings (SSSR count). The van der Waals surface area contributed by atoms with Crippen LogP contribution >= 0.6 is 0 Å². The second-order valence-corrected chi connectivity index (χ2v) is 1.17. The Labute approximate surface area is 52.4 Å². The maximum absolute atomic E-state index is 9.17. The van der Waals surface area contributed by atoms with Gasteiger partial charge in [0.05, 0.1) is 0 Å². The first-order valence-corrected chi connectivity index (χ1v) is 2.32. The Morgan fingerprint density at radius 3 is 1.89 bits per heavy atom. The summed E-state index contributed by atoms with van der Waals surface area (Å²) in [6, 6.07) is 0. The minimum Gasteiger partial charge on any atom is -0.481 e. The topological polar surface area (TPSA) is 80.4 Å². The average molecular weight is 135 g/mol. The van der Waals surface area contributed by atoms with Crippen LogP contribution in [0.5, 0.6) is 0 Å². The molecule has 0 unspecified atom stereocenters. The normalized spacial score (nSPS) is 6.89. The molecule has 5 heteroatoms. The second-order valence-electron chi connectivity index (χ2n) is 1.17. The van der Waals surface area contributed by atoms with Gasteiger partial charge in [0.15, 0.2) is 0 Å². The molecule has 1 N–H and O–H groups in total. The summed E-state index contributed by atoms with van der Waals surface area (Å²) < 4.78 is 0. The van der Waals surface area contributed by atoms with Gasteiger partial charge in [0, 0.05) is 18.8 Å². The third-order valence-electron chi connectivity index (χ3n) is 0.258. The summed E-state index contributed by atoms with van der Waals surface area (Å²) in [6.07, 6.45) is 0. The van der Waals surface area contributed by atoms with Crippen molar-refractivity contribution in [3.63, 3.8) is 0 Å². The predicted molar refractivity (Wildman–Crippen MR) is 30.8 cm³/mol. The largest absolute Gasteiger partial charge is 0.481 e. The first-order valence-electron chi connectivity index (χ1n) is 2.32. The van der Waals surface area contributed by atoms with Gasteiger partial charge < -0.3 is 5.11 Å². The van der Waals surface area contributed by atoms with Gasteiger partial charge in [-0.3, -0.25) is 14.9 Å². The molecule has 0 amide bonds. The van der Waals surface area contributed by atoms with Gasteiger partial charge in [-0.2, -0.15) is 0 Å². The molecule has 0 spiro atoms. The number of hydrogen-bond acceptors (Lipinski definition) is 3. The molecule has 0 bridgehead atoms. The van der Waals surface area contributed by atoms with Crippen molar-refractivity contribution in [2.45, 2.75) is 13.8 Å². The maximum Gasteiger partial charge on any atom is 0.300 e. The molecule has 0 heterocycles. The Balaban J connectivity index is 0. The molecule has 54 valence electrons. The highest BCUT2D eigenvalue weighted by molar-refractivity contribution is 5.62. The van der Waals surface area contributed by atoms with Crippen LogP contribution in [0.15, 0.2) is 0 Å². The lowest BCUT2D eigenvalue weighted by atomic mass is 10.8. The molecular formula is C4H9NO4. The van der Waals surface area contributed by atoms with Crippen LogP contribution in [-0.4, -0.2) is 22.5 Å². The molecule has 5 nitrogen and oxygen atoms in total. The van der Waals surface area contributed by atoms with Crippen LogP contribution in [0.25, 0.3) is 0 Å². The third-order valence-corrected chi connectivity index (χ3v) is 0.258. The molecule has 0 aliphatic rings. The minimum absolute atomic E-state index is 0.0278. The van der Waals surface area contributed by atoms with E-state index in [9.17, 15) is 10.1 Å². The van der Waals surface area contributed by atoms with E-state index in [0.29, 0.717) is 0 Å². The van der Waals surface area contributed by atoms with Crippen molar-refractivity contribution >= 4 is 5.97 Å². The second kappa shape index (κ2) is 6.87. The summed E-state index contributed by atoms with van der Waals surface area (Å²) in [5.41, 5.74) is 0. The van der Waals surface area contributed by atoms with E-state index in [0.717, 1.165) is 6.92 Å². The molecule has 0 aromatic carbocycles. The molecule has 0 fully saturated rings. The lowest BCUT2D eigenvalue weighted by molar-refractivity contribution is -0.475. The number of carboxylic acids is 1. The van der Waals surface area contributed by atoms with Crippen LogP contribution in [0, 0.1) is 10.1 Å². The van der Waals surface area contributed by atoms with Crippen LogP contribution in [0.2, 0.25) is 0 Å². The number of carbonyl (C=O) groups is 1. The zero-order valence-corrected chi connectivity index (χ0v) is 5.33. The predicted octanol–water partition coefficient (Wildman–Crippen LogP) is 0.374. The van der Waals surface area contributed by atoms with E-state index in [4.69, 9.17) is 9.90 Å². The lowest BCUT2D eigenvalue weighted by Crippen LogP contribution is -1.92. The maximum atomic E-state index is 9.17. The number of aliphatic carboxylic acids is 1. The number of carboxylic acid groups (broad SMARTS) is 1. The van der Waals surface area contributed by atoms with Crippen molar-refractivity contribution in [2.24, 2.45) is 0 Å². The van der Waals surface area contributed by atoms with Crippen molar-refractivity contribution in [3.8, 4) is 0 Å². The average Bonchev–Trinajstić information content (AvgIpc) is 1.65. The highest BCUT2D eigenvalue weighted by atomic mass is 16.6. The van der Waals surface area contributed by atoms with Gasteiger partial charge in [0.1, 0.15) is 0 Å². The quantitative estimate of drug-likeness (QED) is 0.416. The SMILES string of the molecule is CC(=O)O.CC[N+](=O)[O-]. The van der Waals surface area contributed by atoms with E-state index < -0.39 is 5.97 Å². The van der Waals surface area contributed by atoms with E-state index in [-0.39, 0.29) is 11.5 Å². The first kappa shape index (κ1) is 10.8. The van der Waals surface area contributed by atoms with Crippen molar-refractivity contribution in [2.75, 3.05) is 6.54 Å². The number of nitrogens with zero attached hydrogens (tertiary/aromatic N) is 1. The summed E-state index contributed by atoms with van der Waals surface area (Å²) in [7, 11) is 0. The molecule has 0 aromatic heterocycles. The fourth-order valence-corrected chi connectivity index (χ4v) is 0. The smallest absolute Gasteiger partial charge is 0.300 e. The Morgan fingerprint density at radius 2 is 1.89 bits per heavy atom. The molecule has 0 aliphatic heterocycles. The molecule has 9 heavy (non-hydrogen) atoms. The summed E-state index contributed by atoms with van der Waals surface area (Å²) in [5.74, 6) is -0.833. The summed E-state index contributed by atoms with van der Waals surface area (Å²) in [6.45, 7) is 2.61.